The molecule has 0 bridgehead atoms. The smallest absolute Gasteiger partial charge is 0.410 e. The van der Waals surface area contributed by atoms with Gasteiger partial charge in [0, 0.05) is 26.2 Å². The molecule has 1 heterocycles. The first kappa shape index (κ1) is 30.8. The highest BCUT2D eigenvalue weighted by Crippen LogP contribution is 2.25. The number of hydrogen-bond acceptors (Lipinski definition) is 7. The van der Waals surface area contributed by atoms with Gasteiger partial charge in [0.25, 0.3) is 0 Å². The molecule has 2 aromatic rings. The summed E-state index contributed by atoms with van der Waals surface area (Å²) in [6.45, 7) is 12.9. The summed E-state index contributed by atoms with van der Waals surface area (Å²) in [6.07, 6.45) is -0.102. The topological polar surface area (TPSA) is 94.6 Å². The fraction of sp³-hybridized carbons (Fsp3) is 0.516. The third-order valence-electron chi connectivity index (χ3n) is 6.08. The number of likely N-dealkylation sites (tertiary alicyclic amines) is 1. The summed E-state index contributed by atoms with van der Waals surface area (Å²) in [7, 11) is 1.32. The molecule has 1 aliphatic heterocycles. The zero-order chi connectivity index (χ0) is 29.5. The van der Waals surface area contributed by atoms with Crippen LogP contribution in [0.4, 0.5) is 9.59 Å². The van der Waals surface area contributed by atoms with Crippen molar-refractivity contribution < 1.29 is 33.3 Å². The molecule has 2 amide bonds. The summed E-state index contributed by atoms with van der Waals surface area (Å²) < 4.78 is 22.2. The van der Waals surface area contributed by atoms with Crippen LogP contribution in [0, 0.1) is 5.92 Å². The molecule has 40 heavy (non-hydrogen) atoms. The van der Waals surface area contributed by atoms with Crippen LogP contribution < -0.4 is 4.74 Å². The summed E-state index contributed by atoms with van der Waals surface area (Å²) in [5, 5.41) is 0. The molecule has 1 aliphatic rings. The molecule has 1 atom stereocenters. The van der Waals surface area contributed by atoms with Crippen molar-refractivity contribution in [3.63, 3.8) is 0 Å². The average molecular weight is 555 g/mol. The van der Waals surface area contributed by atoms with Gasteiger partial charge in [-0.05, 0) is 83.2 Å². The third kappa shape index (κ3) is 9.77. The Morgan fingerprint density at radius 1 is 0.925 bits per heavy atom. The number of ether oxygens (including phenoxy) is 4. The van der Waals surface area contributed by atoms with Crippen molar-refractivity contribution in [2.24, 2.45) is 5.92 Å². The van der Waals surface area contributed by atoms with Crippen molar-refractivity contribution in [2.75, 3.05) is 26.7 Å². The van der Waals surface area contributed by atoms with Gasteiger partial charge >= 0.3 is 18.2 Å². The fourth-order valence-electron chi connectivity index (χ4n) is 4.35. The van der Waals surface area contributed by atoms with Gasteiger partial charge in [0.15, 0.2) is 0 Å². The number of hydrogen-bond donors (Lipinski definition) is 0. The van der Waals surface area contributed by atoms with E-state index in [1.54, 1.807) is 21.9 Å². The summed E-state index contributed by atoms with van der Waals surface area (Å²) in [5.74, 6) is 0.0273. The van der Waals surface area contributed by atoms with E-state index >= 15 is 0 Å². The van der Waals surface area contributed by atoms with E-state index in [0.717, 1.165) is 12.0 Å². The van der Waals surface area contributed by atoms with Crippen LogP contribution in [-0.4, -0.2) is 65.9 Å². The predicted molar refractivity (Wildman–Crippen MR) is 151 cm³/mol. The Labute approximate surface area is 237 Å². The van der Waals surface area contributed by atoms with E-state index in [1.165, 1.54) is 7.11 Å². The molecule has 0 radical (unpaired) electrons. The number of amides is 2. The summed E-state index contributed by atoms with van der Waals surface area (Å²) in [6, 6.07) is 14.8. The maximum atomic E-state index is 13.3. The Morgan fingerprint density at radius 3 is 2.23 bits per heavy atom. The molecule has 0 spiro atoms. The Hall–Kier alpha value is -3.75. The van der Waals surface area contributed by atoms with Gasteiger partial charge in [-0.3, -0.25) is 0 Å². The van der Waals surface area contributed by atoms with E-state index in [1.807, 2.05) is 77.9 Å². The lowest BCUT2D eigenvalue weighted by atomic mass is 10.1. The Kier molecular flexibility index (Phi) is 10.1. The maximum absolute atomic E-state index is 13.3. The van der Waals surface area contributed by atoms with Crippen LogP contribution in [0.25, 0.3) is 0 Å². The first-order valence-corrected chi connectivity index (χ1v) is 13.6. The van der Waals surface area contributed by atoms with Crippen LogP contribution in [0.15, 0.2) is 48.5 Å². The predicted octanol–water partition coefficient (Wildman–Crippen LogP) is 6.05. The Balaban J connectivity index is 1.80. The van der Waals surface area contributed by atoms with Gasteiger partial charge in [0.2, 0.25) is 0 Å². The minimum absolute atomic E-state index is 0.0395. The van der Waals surface area contributed by atoms with Gasteiger partial charge in [-0.15, -0.1) is 0 Å². The SMILES string of the molecule is COC(=O)c1cc(CN(CC2CCN(C(=O)OC(C)(C)C)C2)C(=O)OC(C)(C)C)cc(OCc2ccccc2)c1. The monoisotopic (exact) mass is 554 g/mol. The van der Waals surface area contributed by atoms with Gasteiger partial charge in [-0.1, -0.05) is 30.3 Å². The van der Waals surface area contributed by atoms with Crippen LogP contribution in [0.3, 0.4) is 0 Å². The van der Waals surface area contributed by atoms with E-state index in [2.05, 4.69) is 0 Å². The largest absolute Gasteiger partial charge is 0.489 e. The molecular formula is C31H42N2O7. The Morgan fingerprint density at radius 2 is 1.60 bits per heavy atom. The van der Waals surface area contributed by atoms with E-state index in [4.69, 9.17) is 18.9 Å². The van der Waals surface area contributed by atoms with Crippen LogP contribution in [0.5, 0.6) is 5.75 Å². The minimum Gasteiger partial charge on any atom is -0.489 e. The number of rotatable bonds is 8. The quantitative estimate of drug-likeness (QED) is 0.290. The molecule has 2 aromatic carbocycles. The molecule has 1 unspecified atom stereocenters. The molecule has 1 fully saturated rings. The number of benzene rings is 2. The molecule has 0 saturated carbocycles. The zero-order valence-electron chi connectivity index (χ0n) is 24.7. The summed E-state index contributed by atoms with van der Waals surface area (Å²) in [5.41, 5.74) is 0.732. The van der Waals surface area contributed by atoms with Crippen molar-refractivity contribution in [3.05, 3.63) is 65.2 Å². The van der Waals surface area contributed by atoms with Crippen molar-refractivity contribution in [1.82, 2.24) is 9.80 Å². The molecule has 9 heteroatoms. The average Bonchev–Trinajstić information content (AvgIpc) is 3.34. The highest BCUT2D eigenvalue weighted by Gasteiger charge is 2.33. The van der Waals surface area contributed by atoms with E-state index in [9.17, 15) is 14.4 Å². The second kappa shape index (κ2) is 13.1. The highest BCUT2D eigenvalue weighted by atomic mass is 16.6. The van der Waals surface area contributed by atoms with Crippen LogP contribution in [-0.2, 0) is 27.4 Å². The molecule has 0 aliphatic carbocycles. The van der Waals surface area contributed by atoms with Gasteiger partial charge < -0.3 is 28.7 Å². The van der Waals surface area contributed by atoms with E-state index in [-0.39, 0.29) is 18.6 Å². The van der Waals surface area contributed by atoms with Crippen LogP contribution >= 0.6 is 0 Å². The standard InChI is InChI=1S/C31H42N2O7/c1-30(2,3)39-28(35)32-14-13-23(18-32)19-33(29(36)40-31(4,5)6)20-24-15-25(27(34)37-7)17-26(16-24)38-21-22-11-9-8-10-12-22/h8-12,15-17,23H,13-14,18-21H2,1-7H3. The number of methoxy groups -OCH3 is 1. The number of nitrogens with zero attached hydrogens (tertiary/aromatic N) is 2. The lowest BCUT2D eigenvalue weighted by Gasteiger charge is -2.30. The van der Waals surface area contributed by atoms with Crippen molar-refractivity contribution >= 4 is 18.2 Å². The van der Waals surface area contributed by atoms with Crippen LogP contribution in [0.2, 0.25) is 0 Å². The minimum atomic E-state index is -0.689. The Bertz CT molecular complexity index is 1170. The second-order valence-corrected chi connectivity index (χ2v) is 12.1. The van der Waals surface area contributed by atoms with Crippen molar-refractivity contribution in [3.8, 4) is 5.75 Å². The van der Waals surface area contributed by atoms with Crippen LogP contribution in [0.1, 0.15) is 69.4 Å². The molecule has 3 rings (SSSR count). The van der Waals surface area contributed by atoms with E-state index < -0.39 is 23.3 Å². The summed E-state index contributed by atoms with van der Waals surface area (Å²) >= 11 is 0. The lowest BCUT2D eigenvalue weighted by Crippen LogP contribution is -2.40. The highest BCUT2D eigenvalue weighted by molar-refractivity contribution is 5.90. The molecule has 0 N–H and O–H groups in total. The zero-order valence-corrected chi connectivity index (χ0v) is 24.7. The van der Waals surface area contributed by atoms with Gasteiger partial charge in [0.05, 0.1) is 12.7 Å². The number of esters is 1. The lowest BCUT2D eigenvalue weighted by molar-refractivity contribution is 0.0196. The molecule has 1 saturated heterocycles. The molecule has 0 aromatic heterocycles. The normalized spacial score (nSPS) is 15.4. The number of carbonyl (C=O) groups excluding carboxylic acids is 3. The third-order valence-corrected chi connectivity index (χ3v) is 6.08. The van der Waals surface area contributed by atoms with Gasteiger partial charge in [0.1, 0.15) is 23.6 Å². The fourth-order valence-corrected chi connectivity index (χ4v) is 4.35. The first-order chi connectivity index (χ1) is 18.7. The first-order valence-electron chi connectivity index (χ1n) is 13.6. The van der Waals surface area contributed by atoms with Gasteiger partial charge in [-0.2, -0.15) is 0 Å². The maximum Gasteiger partial charge on any atom is 0.410 e. The van der Waals surface area contributed by atoms with Crippen molar-refractivity contribution in [2.45, 2.75) is 72.3 Å². The number of carbonyl (C=O) groups is 3. The molecular weight excluding hydrogens is 512 g/mol. The molecule has 218 valence electrons. The van der Waals surface area contributed by atoms with Crippen molar-refractivity contribution in [1.29, 1.82) is 0 Å². The van der Waals surface area contributed by atoms with E-state index in [0.29, 0.717) is 43.1 Å². The van der Waals surface area contributed by atoms with Gasteiger partial charge in [-0.25, -0.2) is 14.4 Å². The molecule has 9 nitrogen and oxygen atoms in total. The summed E-state index contributed by atoms with van der Waals surface area (Å²) in [4.78, 5) is 41.6. The second-order valence-electron chi connectivity index (χ2n) is 12.1.